The van der Waals surface area contributed by atoms with Gasteiger partial charge in [-0.1, -0.05) is 0 Å². The highest BCUT2D eigenvalue weighted by atomic mass is 16.5. The molecule has 0 aliphatic rings. The first kappa shape index (κ1) is 7.91. The van der Waals surface area contributed by atoms with Crippen LogP contribution in [0.25, 0.3) is 5.69 Å². The second-order valence-electron chi connectivity index (χ2n) is 2.75. The maximum atomic E-state index is 5.18. The smallest absolute Gasteiger partial charge is 0.160 e. The lowest BCUT2D eigenvalue weighted by Gasteiger charge is -2.04. The van der Waals surface area contributed by atoms with Crippen LogP contribution in [0.2, 0.25) is 0 Å². The maximum absolute atomic E-state index is 5.18. The molecule has 2 aromatic heterocycles. The van der Waals surface area contributed by atoms with E-state index in [9.17, 15) is 0 Å². The minimum atomic E-state index is 0.820. The molecule has 0 amide bonds. The van der Waals surface area contributed by atoms with Crippen molar-refractivity contribution >= 4 is 0 Å². The summed E-state index contributed by atoms with van der Waals surface area (Å²) in [6.45, 7) is 1.95. The van der Waals surface area contributed by atoms with Crippen molar-refractivity contribution in [3.8, 4) is 11.4 Å². The largest absolute Gasteiger partial charge is 0.493 e. The Hall–Kier alpha value is -1.71. The first-order valence-corrected chi connectivity index (χ1v) is 4.04. The van der Waals surface area contributed by atoms with E-state index in [4.69, 9.17) is 4.74 Å². The van der Waals surface area contributed by atoms with Gasteiger partial charge in [0.15, 0.2) is 5.75 Å². The van der Waals surface area contributed by atoms with E-state index >= 15 is 0 Å². The molecule has 2 heterocycles. The van der Waals surface area contributed by atoms with Crippen LogP contribution in [-0.2, 0) is 0 Å². The van der Waals surface area contributed by atoms with Crippen molar-refractivity contribution in [3.63, 3.8) is 0 Å². The van der Waals surface area contributed by atoms with Gasteiger partial charge in [0.2, 0.25) is 0 Å². The number of methoxy groups -OCH3 is 1. The maximum Gasteiger partial charge on any atom is 0.160 e. The fourth-order valence-electron chi connectivity index (χ4n) is 1.33. The van der Waals surface area contributed by atoms with Crippen molar-refractivity contribution in [1.82, 2.24) is 14.5 Å². The zero-order chi connectivity index (χ0) is 9.26. The summed E-state index contributed by atoms with van der Waals surface area (Å²) in [5.74, 6) is 1.76. The second-order valence-corrected chi connectivity index (χ2v) is 2.75. The molecule has 2 rings (SSSR count). The fourth-order valence-corrected chi connectivity index (χ4v) is 1.33. The van der Waals surface area contributed by atoms with Crippen LogP contribution in [0, 0.1) is 6.92 Å². The highest BCUT2D eigenvalue weighted by Crippen LogP contribution is 2.22. The summed E-state index contributed by atoms with van der Waals surface area (Å²) in [5, 5.41) is 0. The third kappa shape index (κ3) is 1.20. The predicted octanol–water partition coefficient (Wildman–Crippen LogP) is 1.52. The van der Waals surface area contributed by atoms with E-state index in [1.54, 1.807) is 13.3 Å². The number of aromatic amines is 1. The van der Waals surface area contributed by atoms with E-state index < -0.39 is 0 Å². The third-order valence-electron chi connectivity index (χ3n) is 1.99. The van der Waals surface area contributed by atoms with Gasteiger partial charge in [-0.05, 0) is 6.92 Å². The van der Waals surface area contributed by atoms with Gasteiger partial charge >= 0.3 is 0 Å². The lowest BCUT2D eigenvalue weighted by Crippen LogP contribution is -1.95. The number of nitrogens with one attached hydrogen (secondary N) is 1. The van der Waals surface area contributed by atoms with Gasteiger partial charge in [-0.3, -0.25) is 4.57 Å². The Bertz CT molecular complexity index is 402. The minimum Gasteiger partial charge on any atom is -0.493 e. The average Bonchev–Trinajstić information content (AvgIpc) is 2.71. The minimum absolute atomic E-state index is 0.820. The summed E-state index contributed by atoms with van der Waals surface area (Å²) in [5.41, 5.74) is 0.984. The molecule has 0 radical (unpaired) electrons. The molecule has 1 N–H and O–H groups in total. The van der Waals surface area contributed by atoms with Crippen LogP contribution in [0.5, 0.6) is 5.75 Å². The van der Waals surface area contributed by atoms with Crippen molar-refractivity contribution in [2.75, 3.05) is 7.11 Å². The normalized spacial score (nSPS) is 10.3. The lowest BCUT2D eigenvalue weighted by atomic mass is 10.4. The number of aromatic nitrogens is 3. The quantitative estimate of drug-likeness (QED) is 0.755. The van der Waals surface area contributed by atoms with Gasteiger partial charge in [-0.2, -0.15) is 0 Å². The van der Waals surface area contributed by atoms with Crippen molar-refractivity contribution in [1.29, 1.82) is 0 Å². The lowest BCUT2D eigenvalue weighted by molar-refractivity contribution is 0.413. The van der Waals surface area contributed by atoms with Crippen LogP contribution in [0.3, 0.4) is 0 Å². The molecule has 0 spiro atoms. The van der Waals surface area contributed by atoms with Gasteiger partial charge in [0.05, 0.1) is 7.11 Å². The molecule has 4 heteroatoms. The Morgan fingerprint density at radius 2 is 2.31 bits per heavy atom. The Morgan fingerprint density at radius 1 is 1.46 bits per heavy atom. The monoisotopic (exact) mass is 177 g/mol. The number of hydrogen-bond acceptors (Lipinski definition) is 2. The van der Waals surface area contributed by atoms with E-state index in [-0.39, 0.29) is 0 Å². The molecule has 68 valence electrons. The van der Waals surface area contributed by atoms with Gasteiger partial charge < -0.3 is 9.72 Å². The van der Waals surface area contributed by atoms with E-state index in [1.807, 2.05) is 30.1 Å². The Labute approximate surface area is 76.2 Å². The van der Waals surface area contributed by atoms with Gasteiger partial charge in [-0.25, -0.2) is 4.98 Å². The van der Waals surface area contributed by atoms with Crippen LogP contribution in [-0.4, -0.2) is 21.6 Å². The second kappa shape index (κ2) is 2.97. The van der Waals surface area contributed by atoms with Gasteiger partial charge in [0.1, 0.15) is 11.5 Å². The molecule has 0 aromatic carbocycles. The zero-order valence-electron chi connectivity index (χ0n) is 7.61. The summed E-state index contributed by atoms with van der Waals surface area (Å²) in [4.78, 5) is 7.13. The Kier molecular flexibility index (Phi) is 1.81. The summed E-state index contributed by atoms with van der Waals surface area (Å²) in [7, 11) is 1.65. The summed E-state index contributed by atoms with van der Waals surface area (Å²) in [6.07, 6.45) is 7.37. The fraction of sp³-hybridized carbons (Fsp3) is 0.222. The number of H-pyrrole nitrogens is 1. The molecule has 0 bridgehead atoms. The van der Waals surface area contributed by atoms with Crippen LogP contribution >= 0.6 is 0 Å². The summed E-state index contributed by atoms with van der Waals surface area (Å²) < 4.78 is 7.15. The predicted molar refractivity (Wildman–Crippen MR) is 49.2 cm³/mol. The summed E-state index contributed by atoms with van der Waals surface area (Å²) >= 11 is 0. The summed E-state index contributed by atoms with van der Waals surface area (Å²) in [6, 6.07) is 0. The molecule has 13 heavy (non-hydrogen) atoms. The molecule has 0 aliphatic heterocycles. The van der Waals surface area contributed by atoms with Crippen LogP contribution < -0.4 is 4.74 Å². The molecule has 0 fully saturated rings. The molecule has 0 aliphatic carbocycles. The number of nitrogens with zero attached hydrogens (tertiary/aromatic N) is 2. The molecular weight excluding hydrogens is 166 g/mol. The number of imidazole rings is 1. The highest BCUT2D eigenvalue weighted by Gasteiger charge is 2.07. The first-order valence-electron chi connectivity index (χ1n) is 4.04. The van der Waals surface area contributed by atoms with Gasteiger partial charge in [0.25, 0.3) is 0 Å². The number of hydrogen-bond donors (Lipinski definition) is 1. The zero-order valence-corrected chi connectivity index (χ0v) is 7.61. The van der Waals surface area contributed by atoms with Gasteiger partial charge in [-0.15, -0.1) is 0 Å². The molecule has 0 atom stereocenters. The Morgan fingerprint density at radius 3 is 2.92 bits per heavy atom. The molecule has 0 unspecified atom stereocenters. The number of rotatable bonds is 2. The van der Waals surface area contributed by atoms with Crippen LogP contribution in [0.1, 0.15) is 5.82 Å². The van der Waals surface area contributed by atoms with E-state index in [0.29, 0.717) is 0 Å². The third-order valence-corrected chi connectivity index (χ3v) is 1.99. The Balaban J connectivity index is 2.52. The standard InChI is InChI=1S/C9H11N3O/c1-7-11-3-4-12(7)8-5-10-6-9(8)13-2/h3-6,10H,1-2H3. The van der Waals surface area contributed by atoms with Crippen molar-refractivity contribution in [3.05, 3.63) is 30.6 Å². The molecule has 2 aromatic rings. The highest BCUT2D eigenvalue weighted by molar-refractivity contribution is 5.45. The topological polar surface area (TPSA) is 42.8 Å². The van der Waals surface area contributed by atoms with E-state index in [1.165, 1.54) is 0 Å². The molecular formula is C9H11N3O. The van der Waals surface area contributed by atoms with E-state index in [2.05, 4.69) is 9.97 Å². The van der Waals surface area contributed by atoms with Crippen LogP contribution in [0.4, 0.5) is 0 Å². The molecule has 4 nitrogen and oxygen atoms in total. The molecule has 0 saturated carbocycles. The number of aryl methyl sites for hydroxylation is 1. The average molecular weight is 177 g/mol. The van der Waals surface area contributed by atoms with Gasteiger partial charge in [0, 0.05) is 24.8 Å². The molecule has 0 saturated heterocycles. The number of ether oxygens (including phenoxy) is 1. The SMILES string of the molecule is COc1c[nH]cc1-n1ccnc1C. The van der Waals surface area contributed by atoms with Crippen molar-refractivity contribution < 1.29 is 4.74 Å². The first-order chi connectivity index (χ1) is 6.33. The van der Waals surface area contributed by atoms with E-state index in [0.717, 1.165) is 17.3 Å². The van der Waals surface area contributed by atoms with Crippen molar-refractivity contribution in [2.24, 2.45) is 0 Å². The van der Waals surface area contributed by atoms with Crippen LogP contribution in [0.15, 0.2) is 24.8 Å². The van der Waals surface area contributed by atoms with Crippen molar-refractivity contribution in [2.45, 2.75) is 6.92 Å².